The number of nitrogens with zero attached hydrogens (tertiary/aromatic N) is 5. The van der Waals surface area contributed by atoms with E-state index in [9.17, 15) is 0 Å². The number of nitrogens with two attached hydrogens (primary N) is 1. The topological polar surface area (TPSA) is 104 Å². The highest BCUT2D eigenvalue weighted by molar-refractivity contribution is 5.53. The Bertz CT molecular complexity index is 714. The maximum Gasteiger partial charge on any atom is 0.176 e. The summed E-state index contributed by atoms with van der Waals surface area (Å²) in [6, 6.07) is 3.87. The monoisotopic (exact) mass is 252 g/mol. The molecule has 0 aliphatic heterocycles. The van der Waals surface area contributed by atoms with Gasteiger partial charge < -0.3 is 10.3 Å². The number of aryl methyl sites for hydroxylation is 1. The van der Waals surface area contributed by atoms with E-state index in [2.05, 4.69) is 9.97 Å². The van der Waals surface area contributed by atoms with Crippen LogP contribution < -0.4 is 5.73 Å². The van der Waals surface area contributed by atoms with Gasteiger partial charge in [-0.05, 0) is 25.0 Å². The van der Waals surface area contributed by atoms with Gasteiger partial charge in [-0.1, -0.05) is 0 Å². The second-order valence-corrected chi connectivity index (χ2v) is 4.22. The van der Waals surface area contributed by atoms with Gasteiger partial charge in [-0.25, -0.2) is 4.98 Å². The standard InChI is InChI=1S/C13H12N6/c1-8-5-17-11(9(2)13(8)16)6-19-7-18-10(3-14)12(19)4-15/h5,7H,6H2,1-2H3,(H2,16,17). The first-order valence-electron chi connectivity index (χ1n) is 5.64. The molecule has 0 aliphatic rings. The summed E-state index contributed by atoms with van der Waals surface area (Å²) in [5, 5.41) is 17.9. The van der Waals surface area contributed by atoms with Crippen molar-refractivity contribution in [1.29, 1.82) is 10.5 Å². The zero-order chi connectivity index (χ0) is 14.0. The third-order valence-corrected chi connectivity index (χ3v) is 3.05. The van der Waals surface area contributed by atoms with Crippen molar-refractivity contribution in [3.63, 3.8) is 0 Å². The molecule has 6 heteroatoms. The fraction of sp³-hybridized carbons (Fsp3) is 0.231. The number of hydrogen-bond donors (Lipinski definition) is 1. The van der Waals surface area contributed by atoms with E-state index in [-0.39, 0.29) is 11.4 Å². The number of pyridine rings is 1. The summed E-state index contributed by atoms with van der Waals surface area (Å²) < 4.78 is 1.60. The van der Waals surface area contributed by atoms with Gasteiger partial charge in [0, 0.05) is 11.9 Å². The van der Waals surface area contributed by atoms with Crippen LogP contribution in [0.4, 0.5) is 5.69 Å². The summed E-state index contributed by atoms with van der Waals surface area (Å²) in [7, 11) is 0. The molecule has 0 spiro atoms. The van der Waals surface area contributed by atoms with E-state index in [0.717, 1.165) is 16.8 Å². The fourth-order valence-electron chi connectivity index (χ4n) is 1.81. The van der Waals surface area contributed by atoms with Gasteiger partial charge in [0.25, 0.3) is 0 Å². The average Bonchev–Trinajstić information content (AvgIpc) is 2.81. The molecule has 0 amide bonds. The summed E-state index contributed by atoms with van der Waals surface area (Å²) in [6.07, 6.45) is 3.17. The van der Waals surface area contributed by atoms with Crippen molar-refractivity contribution >= 4 is 5.69 Å². The van der Waals surface area contributed by atoms with Crippen LogP contribution in [0.15, 0.2) is 12.5 Å². The maximum atomic E-state index is 9.06. The number of hydrogen-bond acceptors (Lipinski definition) is 5. The van der Waals surface area contributed by atoms with Gasteiger partial charge in [0.1, 0.15) is 12.1 Å². The van der Waals surface area contributed by atoms with Crippen molar-refractivity contribution in [3.05, 3.63) is 40.7 Å². The highest BCUT2D eigenvalue weighted by Crippen LogP contribution is 2.19. The molecule has 0 aliphatic carbocycles. The number of rotatable bonds is 2. The molecular weight excluding hydrogens is 240 g/mol. The van der Waals surface area contributed by atoms with Crippen LogP contribution in [0.2, 0.25) is 0 Å². The molecule has 2 aromatic heterocycles. The van der Waals surface area contributed by atoms with Crippen LogP contribution in [0.5, 0.6) is 0 Å². The quantitative estimate of drug-likeness (QED) is 0.866. The van der Waals surface area contributed by atoms with Gasteiger partial charge in [-0.2, -0.15) is 10.5 Å². The molecule has 0 unspecified atom stereocenters. The molecule has 2 heterocycles. The molecular formula is C13H12N6. The number of nitrogen functional groups attached to an aromatic ring is 1. The lowest BCUT2D eigenvalue weighted by molar-refractivity contribution is 0.756. The second-order valence-electron chi connectivity index (χ2n) is 4.22. The van der Waals surface area contributed by atoms with E-state index < -0.39 is 0 Å². The van der Waals surface area contributed by atoms with Crippen molar-refractivity contribution in [3.8, 4) is 12.1 Å². The van der Waals surface area contributed by atoms with Crippen LogP contribution in [-0.2, 0) is 6.54 Å². The zero-order valence-corrected chi connectivity index (χ0v) is 10.7. The Balaban J connectivity index is 2.44. The largest absolute Gasteiger partial charge is 0.398 e. The Hall–Kier alpha value is -2.86. The van der Waals surface area contributed by atoms with Gasteiger partial charge in [-0.15, -0.1) is 0 Å². The first-order valence-corrected chi connectivity index (χ1v) is 5.64. The van der Waals surface area contributed by atoms with Gasteiger partial charge in [0.05, 0.1) is 18.6 Å². The van der Waals surface area contributed by atoms with Crippen molar-refractivity contribution in [1.82, 2.24) is 14.5 Å². The Morgan fingerprint density at radius 3 is 2.63 bits per heavy atom. The minimum atomic E-state index is 0.125. The van der Waals surface area contributed by atoms with E-state index in [0.29, 0.717) is 12.2 Å². The Labute approximate surface area is 110 Å². The summed E-state index contributed by atoms with van der Waals surface area (Å²) in [4.78, 5) is 8.22. The van der Waals surface area contributed by atoms with Crippen LogP contribution >= 0.6 is 0 Å². The van der Waals surface area contributed by atoms with Crippen LogP contribution in [0.3, 0.4) is 0 Å². The minimum absolute atomic E-state index is 0.125. The first kappa shape index (κ1) is 12.6. The van der Waals surface area contributed by atoms with Crippen LogP contribution in [0, 0.1) is 36.5 Å². The predicted molar refractivity (Wildman–Crippen MR) is 68.9 cm³/mol. The Morgan fingerprint density at radius 2 is 2.00 bits per heavy atom. The molecule has 2 rings (SSSR count). The van der Waals surface area contributed by atoms with E-state index in [4.69, 9.17) is 16.3 Å². The van der Waals surface area contributed by atoms with E-state index in [1.165, 1.54) is 6.33 Å². The smallest absolute Gasteiger partial charge is 0.176 e. The molecule has 0 fully saturated rings. The second kappa shape index (κ2) is 4.79. The average molecular weight is 252 g/mol. The van der Waals surface area contributed by atoms with Crippen LogP contribution in [0.25, 0.3) is 0 Å². The number of imidazole rings is 1. The van der Waals surface area contributed by atoms with E-state index in [1.54, 1.807) is 10.8 Å². The van der Waals surface area contributed by atoms with E-state index in [1.807, 2.05) is 26.0 Å². The predicted octanol–water partition coefficient (Wildman–Crippen LogP) is 1.27. The normalized spacial score (nSPS) is 9.89. The third-order valence-electron chi connectivity index (χ3n) is 3.05. The number of nitriles is 2. The number of aromatic nitrogens is 3. The first-order chi connectivity index (χ1) is 9.08. The SMILES string of the molecule is Cc1cnc(Cn2cnc(C#N)c2C#N)c(C)c1N. The molecule has 19 heavy (non-hydrogen) atoms. The lowest BCUT2D eigenvalue weighted by atomic mass is 10.1. The molecule has 6 nitrogen and oxygen atoms in total. The summed E-state index contributed by atoms with van der Waals surface area (Å²) in [5.41, 5.74) is 9.59. The van der Waals surface area contributed by atoms with Crippen LogP contribution in [-0.4, -0.2) is 14.5 Å². The molecule has 2 aromatic rings. The van der Waals surface area contributed by atoms with Gasteiger partial charge in [0.15, 0.2) is 11.4 Å². The van der Waals surface area contributed by atoms with Crippen molar-refractivity contribution in [2.24, 2.45) is 0 Å². The molecule has 0 radical (unpaired) electrons. The maximum absolute atomic E-state index is 9.06. The minimum Gasteiger partial charge on any atom is -0.398 e. The summed E-state index contributed by atoms with van der Waals surface area (Å²) in [5.74, 6) is 0. The Morgan fingerprint density at radius 1 is 1.26 bits per heavy atom. The lowest BCUT2D eigenvalue weighted by Crippen LogP contribution is -2.08. The number of anilines is 1. The molecule has 2 N–H and O–H groups in total. The Kier molecular flexibility index (Phi) is 3.17. The third kappa shape index (κ3) is 2.12. The zero-order valence-electron chi connectivity index (χ0n) is 10.7. The highest BCUT2D eigenvalue weighted by atomic mass is 15.1. The van der Waals surface area contributed by atoms with Gasteiger partial charge >= 0.3 is 0 Å². The van der Waals surface area contributed by atoms with Crippen molar-refractivity contribution in [2.75, 3.05) is 5.73 Å². The van der Waals surface area contributed by atoms with Gasteiger partial charge in [-0.3, -0.25) is 4.98 Å². The fourth-order valence-corrected chi connectivity index (χ4v) is 1.81. The van der Waals surface area contributed by atoms with Crippen molar-refractivity contribution < 1.29 is 0 Å². The highest BCUT2D eigenvalue weighted by Gasteiger charge is 2.13. The van der Waals surface area contributed by atoms with Crippen LogP contribution in [0.1, 0.15) is 28.2 Å². The van der Waals surface area contributed by atoms with E-state index >= 15 is 0 Å². The summed E-state index contributed by atoms with van der Waals surface area (Å²) in [6.45, 7) is 4.15. The van der Waals surface area contributed by atoms with Crippen molar-refractivity contribution in [2.45, 2.75) is 20.4 Å². The molecule has 0 saturated carbocycles. The molecule has 0 saturated heterocycles. The lowest BCUT2D eigenvalue weighted by Gasteiger charge is -2.10. The molecule has 0 bridgehead atoms. The molecule has 94 valence electrons. The molecule has 0 atom stereocenters. The van der Waals surface area contributed by atoms with Gasteiger partial charge in [0.2, 0.25) is 0 Å². The summed E-state index contributed by atoms with van der Waals surface area (Å²) >= 11 is 0. The molecule has 0 aromatic carbocycles.